The third-order valence-corrected chi connectivity index (χ3v) is 9.57. The Labute approximate surface area is 228 Å². The monoisotopic (exact) mass is 580 g/mol. The molecule has 37 heavy (non-hydrogen) atoms. The number of allylic oxidation sites excluding steroid dienone is 1. The molecule has 4 aliphatic rings. The maximum atomic E-state index is 14.5. The van der Waals surface area contributed by atoms with Gasteiger partial charge in [-0.2, -0.15) is 0 Å². The smallest absolute Gasteiger partial charge is 0.312 e. The molecule has 2 bridgehead atoms. The van der Waals surface area contributed by atoms with Crippen LogP contribution in [0.5, 0.6) is 0 Å². The van der Waals surface area contributed by atoms with Crippen molar-refractivity contribution in [3.05, 3.63) is 25.3 Å². The molecular formula is C28H41BrN2O6. The van der Waals surface area contributed by atoms with Crippen molar-refractivity contribution in [1.82, 2.24) is 9.80 Å². The zero-order valence-corrected chi connectivity index (χ0v) is 23.4. The number of aliphatic hydroxyl groups excluding tert-OH is 1. The Hall–Kier alpha value is -1.71. The molecule has 3 aliphatic heterocycles. The highest BCUT2D eigenvalue weighted by atomic mass is 79.9. The number of aliphatic hydroxyl groups is 1. The van der Waals surface area contributed by atoms with Crippen molar-refractivity contribution >= 4 is 33.7 Å². The Morgan fingerprint density at radius 1 is 1.30 bits per heavy atom. The van der Waals surface area contributed by atoms with Gasteiger partial charge in [-0.3, -0.25) is 14.4 Å². The van der Waals surface area contributed by atoms with Crippen LogP contribution in [-0.2, 0) is 23.9 Å². The Morgan fingerprint density at radius 2 is 2.03 bits per heavy atom. The van der Waals surface area contributed by atoms with E-state index in [4.69, 9.17) is 9.47 Å². The fourth-order valence-electron chi connectivity index (χ4n) is 7.03. The maximum absolute atomic E-state index is 14.5. The van der Waals surface area contributed by atoms with Crippen LogP contribution in [0.25, 0.3) is 0 Å². The van der Waals surface area contributed by atoms with E-state index in [9.17, 15) is 19.5 Å². The summed E-state index contributed by atoms with van der Waals surface area (Å²) in [6.07, 6.45) is 10.4. The highest BCUT2D eigenvalue weighted by molar-refractivity contribution is 9.09. The maximum Gasteiger partial charge on any atom is 0.312 e. The number of carbonyl (C=O) groups is 3. The minimum absolute atomic E-state index is 0.0739. The Kier molecular flexibility index (Phi) is 9.17. The number of nitrogens with zero attached hydrogens (tertiary/aromatic N) is 2. The van der Waals surface area contributed by atoms with Crippen molar-refractivity contribution in [2.24, 2.45) is 11.8 Å². The highest BCUT2D eigenvalue weighted by Crippen LogP contribution is 2.61. The number of fused-ring (bicyclic) bond motifs is 1. The molecule has 3 unspecified atom stereocenters. The molecule has 1 spiro atoms. The van der Waals surface area contributed by atoms with Gasteiger partial charge in [-0.15, -0.1) is 13.2 Å². The fourth-order valence-corrected chi connectivity index (χ4v) is 7.97. The van der Waals surface area contributed by atoms with Crippen molar-refractivity contribution in [2.45, 2.75) is 99.4 Å². The topological polar surface area (TPSA) is 96.4 Å². The lowest BCUT2D eigenvalue weighted by molar-refractivity contribution is -0.157. The average Bonchev–Trinajstić information content (AvgIpc) is 3.50. The van der Waals surface area contributed by atoms with Crippen LogP contribution in [0.2, 0.25) is 0 Å². The summed E-state index contributed by atoms with van der Waals surface area (Å²) in [6.45, 7) is 9.83. The minimum atomic E-state index is -1.14. The van der Waals surface area contributed by atoms with E-state index in [1.165, 1.54) is 0 Å². The van der Waals surface area contributed by atoms with Crippen molar-refractivity contribution < 1.29 is 29.0 Å². The number of carbonyl (C=O) groups excluding carboxylic acids is 3. The van der Waals surface area contributed by atoms with Crippen LogP contribution in [0.15, 0.2) is 25.3 Å². The first-order valence-corrected chi connectivity index (χ1v) is 14.7. The molecule has 1 aliphatic carbocycles. The summed E-state index contributed by atoms with van der Waals surface area (Å²) in [5.74, 6) is -2.54. The number of alkyl halides is 1. The number of rotatable bonds is 12. The zero-order chi connectivity index (χ0) is 26.7. The molecule has 0 radical (unpaired) electrons. The molecule has 8 nitrogen and oxygen atoms in total. The van der Waals surface area contributed by atoms with Crippen molar-refractivity contribution in [3.8, 4) is 0 Å². The molecule has 2 amide bonds. The van der Waals surface area contributed by atoms with E-state index in [1.54, 1.807) is 17.1 Å². The summed E-state index contributed by atoms with van der Waals surface area (Å²) < 4.78 is 12.2. The van der Waals surface area contributed by atoms with Crippen LogP contribution in [0, 0.1) is 11.8 Å². The third-order valence-electron chi connectivity index (χ3n) is 8.73. The van der Waals surface area contributed by atoms with Gasteiger partial charge < -0.3 is 24.4 Å². The van der Waals surface area contributed by atoms with E-state index in [0.717, 1.165) is 38.5 Å². The van der Waals surface area contributed by atoms with E-state index in [2.05, 4.69) is 29.1 Å². The summed E-state index contributed by atoms with van der Waals surface area (Å²) in [6, 6.07) is -1.38. The lowest BCUT2D eigenvalue weighted by atomic mass is 9.70. The molecule has 7 atom stereocenters. The summed E-state index contributed by atoms with van der Waals surface area (Å²) in [5, 5.41) is 10.2. The molecule has 3 saturated heterocycles. The third kappa shape index (κ3) is 4.91. The van der Waals surface area contributed by atoms with Crippen molar-refractivity contribution in [1.29, 1.82) is 0 Å². The van der Waals surface area contributed by atoms with Crippen molar-refractivity contribution in [2.75, 3.05) is 19.8 Å². The summed E-state index contributed by atoms with van der Waals surface area (Å²) in [7, 11) is 0. The van der Waals surface area contributed by atoms with Gasteiger partial charge in [0.15, 0.2) is 0 Å². The van der Waals surface area contributed by atoms with Crippen LogP contribution < -0.4 is 0 Å². The predicted molar refractivity (Wildman–Crippen MR) is 143 cm³/mol. The first-order chi connectivity index (χ1) is 17.9. The molecule has 9 heteroatoms. The average molecular weight is 582 g/mol. The minimum Gasteiger partial charge on any atom is -0.465 e. The SMILES string of the molecule is C=CCCCOC(=O)[C@H]1[C@@H]2OC3(CC2Br)C(C(=O)N(CC=C)C2CCCCC2)N([C@@H](CC)CO)C(=O)[C@H]13. The first kappa shape index (κ1) is 28.3. The van der Waals surface area contributed by atoms with Gasteiger partial charge in [0.05, 0.1) is 37.2 Å². The highest BCUT2D eigenvalue weighted by Gasteiger charge is 2.77. The molecule has 0 aromatic carbocycles. The van der Waals surface area contributed by atoms with Crippen LogP contribution in [0.1, 0.15) is 64.7 Å². The van der Waals surface area contributed by atoms with Gasteiger partial charge in [0.2, 0.25) is 11.8 Å². The fraction of sp³-hybridized carbons (Fsp3) is 0.750. The number of amides is 2. The van der Waals surface area contributed by atoms with Gasteiger partial charge in [-0.05, 0) is 38.5 Å². The van der Waals surface area contributed by atoms with E-state index >= 15 is 0 Å². The van der Waals surface area contributed by atoms with Gasteiger partial charge in [-0.1, -0.05) is 54.3 Å². The van der Waals surface area contributed by atoms with Crippen LogP contribution in [0.4, 0.5) is 0 Å². The number of ether oxygens (including phenoxy) is 2. The van der Waals surface area contributed by atoms with Crippen LogP contribution in [0.3, 0.4) is 0 Å². The number of hydrogen-bond donors (Lipinski definition) is 1. The van der Waals surface area contributed by atoms with Crippen molar-refractivity contribution in [3.63, 3.8) is 0 Å². The standard InChI is InChI=1S/C28H41BrN2O6/c1-4-7-11-15-36-27(35)21-22-25(33)31(18(6-3)17-32)24(28(22)16-20(29)23(21)37-28)26(34)30(14-5-2)19-12-9-8-10-13-19/h4-5,18-24,32H,1-2,6-17H2,3H3/t18-,20?,21+,22-,23+,24?,28?/m0/s1. The number of unbranched alkanes of at least 4 members (excludes halogenated alkanes) is 1. The number of halogens is 1. The molecule has 4 rings (SSSR count). The van der Waals surface area contributed by atoms with Gasteiger partial charge in [0.25, 0.3) is 0 Å². The lowest BCUT2D eigenvalue weighted by Crippen LogP contribution is -2.60. The molecule has 3 heterocycles. The largest absolute Gasteiger partial charge is 0.465 e. The summed E-state index contributed by atoms with van der Waals surface area (Å²) in [4.78, 5) is 45.1. The summed E-state index contributed by atoms with van der Waals surface area (Å²) >= 11 is 3.69. The molecule has 1 saturated carbocycles. The molecule has 4 fully saturated rings. The number of esters is 1. The van der Waals surface area contributed by atoms with E-state index in [-0.39, 0.29) is 35.9 Å². The lowest BCUT2D eigenvalue weighted by Gasteiger charge is -2.42. The Balaban J connectivity index is 1.71. The van der Waals surface area contributed by atoms with Gasteiger partial charge in [-0.25, -0.2) is 0 Å². The molecule has 206 valence electrons. The van der Waals surface area contributed by atoms with Crippen LogP contribution >= 0.6 is 15.9 Å². The van der Waals surface area contributed by atoms with Gasteiger partial charge in [0, 0.05) is 17.4 Å². The zero-order valence-electron chi connectivity index (χ0n) is 21.9. The van der Waals surface area contributed by atoms with E-state index in [1.807, 2.05) is 11.8 Å². The number of hydrogen-bond acceptors (Lipinski definition) is 6. The normalized spacial score (nSPS) is 33.8. The van der Waals surface area contributed by atoms with Gasteiger partial charge >= 0.3 is 5.97 Å². The quantitative estimate of drug-likeness (QED) is 0.164. The summed E-state index contributed by atoms with van der Waals surface area (Å²) in [5.41, 5.74) is -1.14. The second kappa shape index (κ2) is 12.0. The first-order valence-electron chi connectivity index (χ1n) is 13.8. The molecule has 0 aromatic heterocycles. The van der Waals surface area contributed by atoms with Crippen LogP contribution in [-0.4, -0.2) is 87.1 Å². The number of likely N-dealkylation sites (tertiary alicyclic amines) is 1. The second-order valence-electron chi connectivity index (χ2n) is 10.8. The van der Waals surface area contributed by atoms with E-state index < -0.39 is 41.6 Å². The molecule has 0 aromatic rings. The Bertz CT molecular complexity index is 888. The van der Waals surface area contributed by atoms with Gasteiger partial charge in [0.1, 0.15) is 11.6 Å². The predicted octanol–water partition coefficient (Wildman–Crippen LogP) is 3.36. The molecule has 1 N–H and O–H groups in total. The molecular weight excluding hydrogens is 540 g/mol. The van der Waals surface area contributed by atoms with E-state index in [0.29, 0.717) is 25.8 Å². The Morgan fingerprint density at radius 3 is 2.65 bits per heavy atom. The second-order valence-corrected chi connectivity index (χ2v) is 12.0.